The largest absolute Gasteiger partial charge is 0.466 e. The van der Waals surface area contributed by atoms with Crippen LogP contribution in [-0.2, 0) is 9.53 Å². The summed E-state index contributed by atoms with van der Waals surface area (Å²) in [7, 11) is 1.70. The summed E-state index contributed by atoms with van der Waals surface area (Å²) in [4.78, 5) is 39.0. The Labute approximate surface area is 183 Å². The average Bonchev–Trinajstić information content (AvgIpc) is 2.73. The molecule has 0 saturated carbocycles. The van der Waals surface area contributed by atoms with Crippen molar-refractivity contribution < 1.29 is 19.1 Å². The van der Waals surface area contributed by atoms with Gasteiger partial charge in [0.1, 0.15) is 0 Å². The highest BCUT2D eigenvalue weighted by atomic mass is 16.5. The van der Waals surface area contributed by atoms with Crippen LogP contribution in [0.25, 0.3) is 0 Å². The quantitative estimate of drug-likeness (QED) is 0.612. The summed E-state index contributed by atoms with van der Waals surface area (Å²) in [6.45, 7) is 7.70. The van der Waals surface area contributed by atoms with Gasteiger partial charge in [-0.2, -0.15) is 0 Å². The van der Waals surface area contributed by atoms with Gasteiger partial charge in [0.15, 0.2) is 0 Å². The molecule has 0 fully saturated rings. The topological polar surface area (TPSA) is 87.7 Å². The maximum Gasteiger partial charge on any atom is 0.319 e. The summed E-state index contributed by atoms with van der Waals surface area (Å²) in [5, 5.41) is 5.64. The lowest BCUT2D eigenvalue weighted by Gasteiger charge is -2.34. The maximum atomic E-state index is 12.8. The van der Waals surface area contributed by atoms with Crippen molar-refractivity contribution in [2.24, 2.45) is 5.92 Å². The van der Waals surface area contributed by atoms with Crippen molar-refractivity contribution in [1.82, 2.24) is 5.32 Å². The molecule has 0 bridgehead atoms. The van der Waals surface area contributed by atoms with Crippen molar-refractivity contribution in [3.05, 3.63) is 60.2 Å². The van der Waals surface area contributed by atoms with Gasteiger partial charge in [-0.15, -0.1) is 0 Å². The smallest absolute Gasteiger partial charge is 0.319 e. The van der Waals surface area contributed by atoms with E-state index in [0.29, 0.717) is 11.3 Å². The third kappa shape index (κ3) is 6.57. The predicted molar refractivity (Wildman–Crippen MR) is 122 cm³/mol. The second kappa shape index (κ2) is 10.6. The van der Waals surface area contributed by atoms with E-state index in [2.05, 4.69) is 10.6 Å². The van der Waals surface area contributed by atoms with E-state index in [1.54, 1.807) is 43.1 Å². The number of carbonyl (C=O) groups is 3. The number of esters is 1. The number of anilines is 2. The van der Waals surface area contributed by atoms with Crippen LogP contribution < -0.4 is 15.5 Å². The number of carbonyl (C=O) groups excluding carboxylic acids is 3. The normalized spacial score (nSPS) is 12.6. The molecule has 2 aromatic rings. The van der Waals surface area contributed by atoms with E-state index in [4.69, 9.17) is 4.74 Å². The van der Waals surface area contributed by atoms with E-state index in [0.717, 1.165) is 5.69 Å². The van der Waals surface area contributed by atoms with Crippen LogP contribution in [0.4, 0.5) is 16.2 Å². The first kappa shape index (κ1) is 23.9. The molecule has 31 heavy (non-hydrogen) atoms. The SMILES string of the molecule is CCOC(=O)CC(C)(NC(=O)Nc1cccc(C(=O)N(C)c2ccccc2)c1)C(C)C. The Balaban J connectivity index is 2.10. The number of ether oxygens (including phenoxy) is 1. The van der Waals surface area contributed by atoms with Crippen molar-refractivity contribution in [1.29, 1.82) is 0 Å². The van der Waals surface area contributed by atoms with Crippen LogP contribution in [0, 0.1) is 5.92 Å². The molecule has 7 heteroatoms. The molecule has 0 radical (unpaired) electrons. The monoisotopic (exact) mass is 425 g/mol. The van der Waals surface area contributed by atoms with E-state index in [1.165, 1.54) is 0 Å². The van der Waals surface area contributed by atoms with Gasteiger partial charge in [-0.25, -0.2) is 4.79 Å². The van der Waals surface area contributed by atoms with Gasteiger partial charge in [0.25, 0.3) is 5.91 Å². The second-order valence-corrected chi connectivity index (χ2v) is 7.91. The van der Waals surface area contributed by atoms with Crippen LogP contribution in [0.5, 0.6) is 0 Å². The van der Waals surface area contributed by atoms with Gasteiger partial charge < -0.3 is 20.3 Å². The molecule has 1 atom stereocenters. The van der Waals surface area contributed by atoms with Gasteiger partial charge in [0.05, 0.1) is 18.6 Å². The first-order valence-corrected chi connectivity index (χ1v) is 10.3. The van der Waals surface area contributed by atoms with Gasteiger partial charge in [-0.05, 0) is 50.1 Å². The standard InChI is InChI=1S/C24H31N3O4/c1-6-31-21(28)16-24(4,17(2)3)26-23(30)25-19-12-10-11-18(15-19)22(29)27(5)20-13-8-7-9-14-20/h7-15,17H,6,16H2,1-5H3,(H2,25,26,30). The van der Waals surface area contributed by atoms with Gasteiger partial charge in [-0.3, -0.25) is 9.59 Å². The molecule has 0 saturated heterocycles. The average molecular weight is 426 g/mol. The first-order valence-electron chi connectivity index (χ1n) is 10.3. The molecular formula is C24H31N3O4. The van der Waals surface area contributed by atoms with E-state index >= 15 is 0 Å². The minimum Gasteiger partial charge on any atom is -0.466 e. The fourth-order valence-corrected chi connectivity index (χ4v) is 3.02. The lowest BCUT2D eigenvalue weighted by atomic mass is 9.85. The lowest BCUT2D eigenvalue weighted by Crippen LogP contribution is -2.52. The summed E-state index contributed by atoms with van der Waals surface area (Å²) in [5.41, 5.74) is 0.918. The number of benzene rings is 2. The van der Waals surface area contributed by atoms with Gasteiger partial charge in [-0.1, -0.05) is 38.1 Å². The zero-order valence-electron chi connectivity index (χ0n) is 18.8. The number of urea groups is 1. The minimum absolute atomic E-state index is 0.00455. The number of hydrogen-bond acceptors (Lipinski definition) is 4. The molecule has 2 rings (SSSR count). The van der Waals surface area contributed by atoms with Gasteiger partial charge in [0, 0.05) is 24.0 Å². The maximum absolute atomic E-state index is 12.8. The zero-order chi connectivity index (χ0) is 23.0. The Morgan fingerprint density at radius 2 is 1.74 bits per heavy atom. The molecule has 2 aromatic carbocycles. The van der Waals surface area contributed by atoms with Crippen LogP contribution in [0.3, 0.4) is 0 Å². The number of para-hydroxylation sites is 1. The Hall–Kier alpha value is -3.35. The molecule has 0 spiro atoms. The molecule has 166 valence electrons. The number of hydrogen-bond donors (Lipinski definition) is 2. The van der Waals surface area contributed by atoms with E-state index < -0.39 is 11.6 Å². The fraction of sp³-hybridized carbons (Fsp3) is 0.375. The van der Waals surface area contributed by atoms with Crippen LogP contribution in [0.15, 0.2) is 54.6 Å². The Bertz CT molecular complexity index is 914. The van der Waals surface area contributed by atoms with E-state index in [-0.39, 0.29) is 30.8 Å². The lowest BCUT2D eigenvalue weighted by molar-refractivity contribution is -0.145. The molecular weight excluding hydrogens is 394 g/mol. The molecule has 0 aliphatic rings. The van der Waals surface area contributed by atoms with E-state index in [1.807, 2.05) is 51.1 Å². The molecule has 2 N–H and O–H groups in total. The van der Waals surface area contributed by atoms with Crippen molar-refractivity contribution in [3.63, 3.8) is 0 Å². The highest BCUT2D eigenvalue weighted by Crippen LogP contribution is 2.22. The first-order chi connectivity index (χ1) is 14.7. The number of nitrogens with zero attached hydrogens (tertiary/aromatic N) is 1. The molecule has 0 heterocycles. The number of nitrogens with one attached hydrogen (secondary N) is 2. The van der Waals surface area contributed by atoms with Crippen LogP contribution in [0.2, 0.25) is 0 Å². The summed E-state index contributed by atoms with van der Waals surface area (Å²) in [6.07, 6.45) is 0.0618. The van der Waals surface area contributed by atoms with Crippen molar-refractivity contribution in [2.45, 2.75) is 39.7 Å². The van der Waals surface area contributed by atoms with Crippen molar-refractivity contribution >= 4 is 29.3 Å². The summed E-state index contributed by atoms with van der Waals surface area (Å²) < 4.78 is 5.04. The molecule has 7 nitrogen and oxygen atoms in total. The minimum atomic E-state index is -0.780. The zero-order valence-corrected chi connectivity index (χ0v) is 18.8. The van der Waals surface area contributed by atoms with Crippen LogP contribution >= 0.6 is 0 Å². The van der Waals surface area contributed by atoms with Crippen molar-refractivity contribution in [3.8, 4) is 0 Å². The van der Waals surface area contributed by atoms with Gasteiger partial charge in [0.2, 0.25) is 0 Å². The summed E-state index contributed by atoms with van der Waals surface area (Å²) in [5.74, 6) is -0.560. The van der Waals surface area contributed by atoms with Crippen molar-refractivity contribution in [2.75, 3.05) is 23.9 Å². The summed E-state index contributed by atoms with van der Waals surface area (Å²) in [6, 6.07) is 15.6. The number of amides is 3. The predicted octanol–water partition coefficient (Wildman–Crippen LogP) is 4.45. The highest BCUT2D eigenvalue weighted by molar-refractivity contribution is 6.06. The molecule has 0 aromatic heterocycles. The van der Waals surface area contributed by atoms with Gasteiger partial charge >= 0.3 is 12.0 Å². The highest BCUT2D eigenvalue weighted by Gasteiger charge is 2.33. The Morgan fingerprint density at radius 3 is 2.35 bits per heavy atom. The third-order valence-electron chi connectivity index (χ3n) is 5.31. The Morgan fingerprint density at radius 1 is 1.06 bits per heavy atom. The fourth-order valence-electron chi connectivity index (χ4n) is 3.02. The second-order valence-electron chi connectivity index (χ2n) is 7.91. The molecule has 0 aliphatic carbocycles. The van der Waals surface area contributed by atoms with E-state index in [9.17, 15) is 14.4 Å². The third-order valence-corrected chi connectivity index (χ3v) is 5.31. The van der Waals surface area contributed by atoms with Crippen LogP contribution in [0.1, 0.15) is 44.5 Å². The number of rotatable bonds is 8. The molecule has 3 amide bonds. The van der Waals surface area contributed by atoms with Crippen LogP contribution in [-0.4, -0.2) is 37.1 Å². The summed E-state index contributed by atoms with van der Waals surface area (Å²) >= 11 is 0. The molecule has 1 unspecified atom stereocenters. The molecule has 0 aliphatic heterocycles. The Kier molecular flexibility index (Phi) is 8.19.